The monoisotopic (exact) mass is 524 g/mol. The minimum absolute atomic E-state index is 0.201. The smallest absolute Gasteiger partial charge is 0.410 e. The van der Waals surface area contributed by atoms with E-state index in [2.05, 4.69) is 13.8 Å². The molecule has 2 heterocycles. The van der Waals surface area contributed by atoms with Gasteiger partial charge >= 0.3 is 11.8 Å². The van der Waals surface area contributed by atoms with Crippen LogP contribution in [0.3, 0.4) is 0 Å². The van der Waals surface area contributed by atoms with Crippen molar-refractivity contribution >= 4 is 11.8 Å². The molecule has 0 unspecified atom stereocenters. The Morgan fingerprint density at radius 2 is 1.97 bits per heavy atom. The third-order valence-corrected chi connectivity index (χ3v) is 6.09. The molecule has 2 aromatic carbocycles. The number of aromatic nitrogens is 2. The number of hydrogen-bond donors (Lipinski definition) is 0. The normalized spacial score (nSPS) is 13.4. The first kappa shape index (κ1) is 27.1. The standard InChI is InChI=1S/C28H33FN4O5/c1-17(2)16-37-24-9-7-8-18(3)25(24)32-26(19-10-11-23(33(35)36)21(29)14-19)20-15-31(13-12-22(20)30-32)27(34)38-28(4,5)6/h7-11,14,17H,12-13,15-16H2,1-6H3. The molecule has 4 rings (SSSR count). The summed E-state index contributed by atoms with van der Waals surface area (Å²) >= 11 is 0. The van der Waals surface area contributed by atoms with Crippen molar-refractivity contribution in [1.29, 1.82) is 0 Å². The maximum absolute atomic E-state index is 14.8. The van der Waals surface area contributed by atoms with Gasteiger partial charge in [0.1, 0.15) is 17.0 Å². The Morgan fingerprint density at radius 3 is 2.61 bits per heavy atom. The van der Waals surface area contributed by atoms with E-state index in [4.69, 9.17) is 14.6 Å². The zero-order chi connectivity index (χ0) is 27.8. The summed E-state index contributed by atoms with van der Waals surface area (Å²) < 4.78 is 28.3. The van der Waals surface area contributed by atoms with Crippen LogP contribution in [0.25, 0.3) is 16.9 Å². The minimum Gasteiger partial charge on any atom is -0.491 e. The molecule has 202 valence electrons. The van der Waals surface area contributed by atoms with Gasteiger partial charge in [-0.3, -0.25) is 10.1 Å². The zero-order valence-electron chi connectivity index (χ0n) is 22.6. The predicted octanol–water partition coefficient (Wildman–Crippen LogP) is 6.22. The second-order valence-corrected chi connectivity index (χ2v) is 10.9. The van der Waals surface area contributed by atoms with Crippen LogP contribution in [0.1, 0.15) is 51.4 Å². The summed E-state index contributed by atoms with van der Waals surface area (Å²) in [6, 6.07) is 9.49. The number of nitro groups is 1. The molecule has 0 saturated heterocycles. The summed E-state index contributed by atoms with van der Waals surface area (Å²) in [5.41, 5.74) is 2.76. The number of benzene rings is 2. The maximum Gasteiger partial charge on any atom is 0.410 e. The molecule has 0 N–H and O–H groups in total. The minimum atomic E-state index is -0.949. The van der Waals surface area contributed by atoms with Crippen molar-refractivity contribution < 1.29 is 23.6 Å². The SMILES string of the molecule is Cc1cccc(OCC(C)C)c1-n1nc2c(c1-c1ccc([N+](=O)[O-])c(F)c1)CN(C(=O)OC(C)(C)C)CC2. The van der Waals surface area contributed by atoms with Gasteiger partial charge in [0, 0.05) is 30.2 Å². The van der Waals surface area contributed by atoms with E-state index in [-0.39, 0.29) is 6.54 Å². The largest absolute Gasteiger partial charge is 0.491 e. The summed E-state index contributed by atoms with van der Waals surface area (Å²) in [7, 11) is 0. The Labute approximate surface area is 221 Å². The van der Waals surface area contributed by atoms with Gasteiger partial charge in [-0.05, 0) is 57.4 Å². The van der Waals surface area contributed by atoms with Crippen molar-refractivity contribution in [2.45, 2.75) is 60.1 Å². The van der Waals surface area contributed by atoms with Crippen LogP contribution in [0.2, 0.25) is 0 Å². The van der Waals surface area contributed by atoms with Crippen LogP contribution in [-0.2, 0) is 17.7 Å². The van der Waals surface area contributed by atoms with Crippen molar-refractivity contribution in [2.75, 3.05) is 13.2 Å². The van der Waals surface area contributed by atoms with Gasteiger partial charge in [-0.1, -0.05) is 26.0 Å². The molecular formula is C28H33FN4O5. The van der Waals surface area contributed by atoms with Gasteiger partial charge in [0.05, 0.1) is 29.5 Å². The lowest BCUT2D eigenvalue weighted by atomic mass is 10.00. The lowest BCUT2D eigenvalue weighted by molar-refractivity contribution is -0.387. The number of fused-ring (bicyclic) bond motifs is 1. The van der Waals surface area contributed by atoms with E-state index in [0.29, 0.717) is 48.2 Å². The number of nitro benzene ring substituents is 1. The summed E-state index contributed by atoms with van der Waals surface area (Å²) in [4.78, 5) is 25.0. The van der Waals surface area contributed by atoms with E-state index in [9.17, 15) is 19.3 Å². The fourth-order valence-electron chi connectivity index (χ4n) is 4.39. The number of halogens is 1. The number of carbonyl (C=O) groups is 1. The summed E-state index contributed by atoms with van der Waals surface area (Å²) in [5, 5.41) is 16.2. The first-order chi connectivity index (χ1) is 17.9. The lowest BCUT2D eigenvalue weighted by Gasteiger charge is -2.30. The van der Waals surface area contributed by atoms with Gasteiger partial charge in [-0.2, -0.15) is 9.49 Å². The molecule has 1 aliphatic rings. The Kier molecular flexibility index (Phi) is 7.44. The summed E-state index contributed by atoms with van der Waals surface area (Å²) in [6.07, 6.45) is 0.0200. The highest BCUT2D eigenvalue weighted by Crippen LogP contribution is 2.38. The van der Waals surface area contributed by atoms with Gasteiger partial charge in [-0.25, -0.2) is 9.48 Å². The van der Waals surface area contributed by atoms with Gasteiger partial charge < -0.3 is 14.4 Å². The van der Waals surface area contributed by atoms with Crippen LogP contribution in [-0.4, -0.2) is 44.4 Å². The zero-order valence-corrected chi connectivity index (χ0v) is 22.6. The maximum atomic E-state index is 14.8. The third-order valence-electron chi connectivity index (χ3n) is 6.09. The molecule has 0 spiro atoms. The highest BCUT2D eigenvalue weighted by molar-refractivity contribution is 5.73. The number of amides is 1. The molecule has 1 aromatic heterocycles. The fraction of sp³-hybridized carbons (Fsp3) is 0.429. The van der Waals surface area contributed by atoms with Crippen LogP contribution >= 0.6 is 0 Å². The van der Waals surface area contributed by atoms with E-state index >= 15 is 0 Å². The number of hydrogen-bond acceptors (Lipinski definition) is 6. The average Bonchev–Trinajstić information content (AvgIpc) is 3.19. The van der Waals surface area contributed by atoms with Crippen LogP contribution in [0.15, 0.2) is 36.4 Å². The summed E-state index contributed by atoms with van der Waals surface area (Å²) in [5.74, 6) is -0.0409. The molecule has 38 heavy (non-hydrogen) atoms. The number of nitrogens with zero attached hydrogens (tertiary/aromatic N) is 4. The molecule has 0 bridgehead atoms. The topological polar surface area (TPSA) is 99.7 Å². The van der Waals surface area contributed by atoms with Crippen molar-refractivity contribution in [2.24, 2.45) is 5.92 Å². The van der Waals surface area contributed by atoms with Crippen LogP contribution < -0.4 is 4.74 Å². The Balaban J connectivity index is 1.89. The lowest BCUT2D eigenvalue weighted by Crippen LogP contribution is -2.39. The third kappa shape index (κ3) is 5.64. The average molecular weight is 525 g/mol. The Hall–Kier alpha value is -3.95. The molecule has 0 radical (unpaired) electrons. The quantitative estimate of drug-likeness (QED) is 0.280. The fourth-order valence-corrected chi connectivity index (χ4v) is 4.39. The van der Waals surface area contributed by atoms with E-state index in [1.807, 2.05) is 25.1 Å². The molecule has 0 saturated carbocycles. The number of para-hydroxylation sites is 1. The van der Waals surface area contributed by atoms with E-state index in [1.165, 1.54) is 6.07 Å². The Bertz CT molecular complexity index is 1380. The number of aryl methyl sites for hydroxylation is 1. The molecule has 10 heteroatoms. The first-order valence-electron chi connectivity index (χ1n) is 12.6. The molecule has 3 aromatic rings. The van der Waals surface area contributed by atoms with E-state index in [1.54, 1.807) is 30.4 Å². The van der Waals surface area contributed by atoms with E-state index in [0.717, 1.165) is 29.0 Å². The number of carbonyl (C=O) groups excluding carboxylic acids is 1. The molecular weight excluding hydrogens is 491 g/mol. The van der Waals surface area contributed by atoms with E-state index < -0.39 is 28.1 Å². The second kappa shape index (κ2) is 10.4. The molecule has 0 aliphatic carbocycles. The molecule has 9 nitrogen and oxygen atoms in total. The van der Waals surface area contributed by atoms with Crippen LogP contribution in [0, 0.1) is 28.8 Å². The van der Waals surface area contributed by atoms with Crippen LogP contribution in [0.4, 0.5) is 14.9 Å². The molecule has 0 atom stereocenters. The molecule has 1 aliphatic heterocycles. The number of rotatable bonds is 6. The predicted molar refractivity (Wildman–Crippen MR) is 141 cm³/mol. The Morgan fingerprint density at radius 1 is 1.24 bits per heavy atom. The van der Waals surface area contributed by atoms with Crippen molar-refractivity contribution in [3.63, 3.8) is 0 Å². The van der Waals surface area contributed by atoms with Gasteiger partial charge in [0.15, 0.2) is 0 Å². The van der Waals surface area contributed by atoms with Gasteiger partial charge in [0.2, 0.25) is 5.82 Å². The highest BCUT2D eigenvalue weighted by atomic mass is 19.1. The highest BCUT2D eigenvalue weighted by Gasteiger charge is 2.32. The number of ether oxygens (including phenoxy) is 2. The molecule has 1 amide bonds. The molecule has 0 fully saturated rings. The second-order valence-electron chi connectivity index (χ2n) is 10.9. The van der Waals surface area contributed by atoms with Gasteiger partial charge in [0.25, 0.3) is 0 Å². The van der Waals surface area contributed by atoms with Crippen molar-refractivity contribution in [1.82, 2.24) is 14.7 Å². The summed E-state index contributed by atoms with van der Waals surface area (Å²) in [6.45, 7) is 12.6. The van der Waals surface area contributed by atoms with Crippen LogP contribution in [0.5, 0.6) is 5.75 Å². The van der Waals surface area contributed by atoms with Gasteiger partial charge in [-0.15, -0.1) is 0 Å². The van der Waals surface area contributed by atoms with Crippen molar-refractivity contribution in [3.05, 3.63) is 69.2 Å². The first-order valence-corrected chi connectivity index (χ1v) is 12.6. The van der Waals surface area contributed by atoms with Crippen molar-refractivity contribution in [3.8, 4) is 22.7 Å².